The third-order valence-corrected chi connectivity index (χ3v) is 6.93. The van der Waals surface area contributed by atoms with Crippen molar-refractivity contribution < 1.29 is 32.3 Å². The van der Waals surface area contributed by atoms with E-state index in [1.807, 2.05) is 6.92 Å². The van der Waals surface area contributed by atoms with Gasteiger partial charge in [0, 0.05) is 0 Å². The number of fused-ring (bicyclic) bond motifs is 3. The maximum Gasteiger partial charge on any atom is 0.322 e. The first-order chi connectivity index (χ1) is 12.6. The first-order valence-electron chi connectivity index (χ1n) is 8.67. The standard InChI is InChI=1S/C17H21NO8S/c1-9-4-6-10(7-5-9)27(21,22)8-11-12-13(23-15(11)18(19)20)14-16(24-12)26-17(2,3)25-14/h4-7,11-16H,8H2,1-3H3/t11?,12-,13+,14-,15?,16-/m1/s1. The Kier molecular flexibility index (Phi) is 4.32. The number of sulfone groups is 1. The zero-order valence-electron chi connectivity index (χ0n) is 15.1. The van der Waals surface area contributed by atoms with E-state index < -0.39 is 63.0 Å². The van der Waals surface area contributed by atoms with Gasteiger partial charge in [-0.1, -0.05) is 17.7 Å². The molecule has 6 atom stereocenters. The SMILES string of the molecule is Cc1ccc(S(=O)(=O)CC2C([N+](=O)[O-])O[C@@H]3[C@H]4OC(C)(C)O[C@H]4O[C@H]23)cc1. The summed E-state index contributed by atoms with van der Waals surface area (Å²) in [6.45, 7) is 5.27. The Morgan fingerprint density at radius 3 is 2.37 bits per heavy atom. The van der Waals surface area contributed by atoms with Crippen LogP contribution in [-0.4, -0.2) is 55.7 Å². The quantitative estimate of drug-likeness (QED) is 0.549. The second-order valence-corrected chi connectivity index (χ2v) is 9.64. The largest absolute Gasteiger partial charge is 0.343 e. The number of hydrogen-bond donors (Lipinski definition) is 0. The molecule has 3 fully saturated rings. The van der Waals surface area contributed by atoms with E-state index in [0.29, 0.717) is 0 Å². The zero-order valence-corrected chi connectivity index (χ0v) is 15.9. The van der Waals surface area contributed by atoms with Crippen LogP contribution in [0.5, 0.6) is 0 Å². The average Bonchev–Trinajstić information content (AvgIpc) is 3.15. The molecule has 3 heterocycles. The van der Waals surface area contributed by atoms with Crippen molar-refractivity contribution in [1.29, 1.82) is 0 Å². The van der Waals surface area contributed by atoms with Gasteiger partial charge >= 0.3 is 6.23 Å². The lowest BCUT2D eigenvalue weighted by Crippen LogP contribution is -2.37. The Morgan fingerprint density at radius 1 is 1.07 bits per heavy atom. The normalized spacial score (nSPS) is 37.1. The number of benzene rings is 1. The molecule has 0 amide bonds. The van der Waals surface area contributed by atoms with Gasteiger partial charge in [0.25, 0.3) is 0 Å². The van der Waals surface area contributed by atoms with Crippen LogP contribution in [0.15, 0.2) is 29.2 Å². The van der Waals surface area contributed by atoms with E-state index >= 15 is 0 Å². The van der Waals surface area contributed by atoms with Crippen molar-refractivity contribution in [3.8, 4) is 0 Å². The van der Waals surface area contributed by atoms with E-state index in [1.54, 1.807) is 26.0 Å². The first kappa shape index (κ1) is 18.8. The number of aryl methyl sites for hydroxylation is 1. The number of nitro groups is 1. The molecule has 27 heavy (non-hydrogen) atoms. The summed E-state index contributed by atoms with van der Waals surface area (Å²) in [6.07, 6.45) is -4.36. The third-order valence-electron chi connectivity index (χ3n) is 5.11. The molecule has 10 heteroatoms. The molecule has 0 spiro atoms. The molecular weight excluding hydrogens is 378 g/mol. The molecule has 0 aliphatic carbocycles. The molecule has 2 unspecified atom stereocenters. The Morgan fingerprint density at radius 2 is 1.74 bits per heavy atom. The van der Waals surface area contributed by atoms with Crippen molar-refractivity contribution in [1.82, 2.24) is 0 Å². The molecule has 9 nitrogen and oxygen atoms in total. The van der Waals surface area contributed by atoms with Gasteiger partial charge in [-0.15, -0.1) is 0 Å². The van der Waals surface area contributed by atoms with Crippen LogP contribution >= 0.6 is 0 Å². The smallest absolute Gasteiger partial charge is 0.322 e. The highest BCUT2D eigenvalue weighted by Crippen LogP contribution is 2.46. The summed E-state index contributed by atoms with van der Waals surface area (Å²) in [6, 6.07) is 6.37. The fourth-order valence-electron chi connectivity index (χ4n) is 3.91. The average molecular weight is 399 g/mol. The fourth-order valence-corrected chi connectivity index (χ4v) is 5.51. The zero-order chi connectivity index (χ0) is 19.6. The van der Waals surface area contributed by atoms with Gasteiger partial charge in [0.05, 0.1) is 21.5 Å². The van der Waals surface area contributed by atoms with Crippen molar-refractivity contribution in [2.24, 2.45) is 5.92 Å². The van der Waals surface area contributed by atoms with Gasteiger partial charge in [-0.25, -0.2) is 8.42 Å². The molecule has 3 saturated heterocycles. The summed E-state index contributed by atoms with van der Waals surface area (Å²) in [5.41, 5.74) is 0.922. The van der Waals surface area contributed by atoms with Crippen molar-refractivity contribution in [2.45, 2.75) is 62.3 Å². The number of nitrogens with zero attached hydrogens (tertiary/aromatic N) is 1. The van der Waals surface area contributed by atoms with Crippen LogP contribution in [0.2, 0.25) is 0 Å². The Hall–Kier alpha value is -1.59. The summed E-state index contributed by atoms with van der Waals surface area (Å²) in [7, 11) is -3.76. The van der Waals surface area contributed by atoms with E-state index in [9.17, 15) is 18.5 Å². The predicted octanol–water partition coefficient (Wildman–Crippen LogP) is 1.26. The molecule has 0 radical (unpaired) electrons. The second-order valence-electron chi connectivity index (χ2n) is 7.60. The van der Waals surface area contributed by atoms with Crippen LogP contribution in [0.3, 0.4) is 0 Å². The van der Waals surface area contributed by atoms with E-state index in [-0.39, 0.29) is 4.90 Å². The van der Waals surface area contributed by atoms with Crippen LogP contribution < -0.4 is 0 Å². The highest BCUT2D eigenvalue weighted by molar-refractivity contribution is 7.91. The maximum absolute atomic E-state index is 12.8. The van der Waals surface area contributed by atoms with Crippen molar-refractivity contribution in [2.75, 3.05) is 5.75 Å². The topological polar surface area (TPSA) is 114 Å². The molecule has 3 aliphatic rings. The van der Waals surface area contributed by atoms with Crippen molar-refractivity contribution in [3.05, 3.63) is 39.9 Å². The lowest BCUT2D eigenvalue weighted by atomic mass is 10.0. The molecule has 0 bridgehead atoms. The van der Waals surface area contributed by atoms with E-state index in [0.717, 1.165) is 5.56 Å². The minimum atomic E-state index is -3.76. The predicted molar refractivity (Wildman–Crippen MR) is 91.1 cm³/mol. The molecule has 4 rings (SSSR count). The monoisotopic (exact) mass is 399 g/mol. The van der Waals surface area contributed by atoms with E-state index in [4.69, 9.17) is 18.9 Å². The molecule has 148 valence electrons. The molecule has 1 aromatic carbocycles. The van der Waals surface area contributed by atoms with Gasteiger partial charge < -0.3 is 18.9 Å². The summed E-state index contributed by atoms with van der Waals surface area (Å²) >= 11 is 0. The molecule has 0 aromatic heterocycles. The van der Waals surface area contributed by atoms with Gasteiger partial charge in [0.2, 0.25) is 0 Å². The Bertz CT molecular complexity index is 852. The van der Waals surface area contributed by atoms with Gasteiger partial charge in [-0.05, 0) is 32.9 Å². The number of rotatable bonds is 4. The summed E-state index contributed by atoms with van der Waals surface area (Å²) in [5, 5.41) is 11.5. The fraction of sp³-hybridized carbons (Fsp3) is 0.647. The molecule has 3 aliphatic heterocycles. The van der Waals surface area contributed by atoms with Gasteiger partial charge in [-0.2, -0.15) is 0 Å². The first-order valence-corrected chi connectivity index (χ1v) is 10.3. The van der Waals surface area contributed by atoms with Gasteiger partial charge in [-0.3, -0.25) is 10.1 Å². The summed E-state index contributed by atoms with van der Waals surface area (Å²) < 4.78 is 48.4. The minimum absolute atomic E-state index is 0.116. The van der Waals surface area contributed by atoms with E-state index in [1.165, 1.54) is 12.1 Å². The summed E-state index contributed by atoms with van der Waals surface area (Å²) in [5.74, 6) is -2.30. The Balaban J connectivity index is 1.59. The van der Waals surface area contributed by atoms with Gasteiger partial charge in [0.15, 0.2) is 21.9 Å². The summed E-state index contributed by atoms with van der Waals surface area (Å²) in [4.78, 5) is 11.0. The highest BCUT2D eigenvalue weighted by Gasteiger charge is 2.65. The molecule has 0 N–H and O–H groups in total. The van der Waals surface area contributed by atoms with Gasteiger partial charge in [0.1, 0.15) is 18.3 Å². The van der Waals surface area contributed by atoms with Crippen molar-refractivity contribution in [3.63, 3.8) is 0 Å². The lowest BCUT2D eigenvalue weighted by Gasteiger charge is -2.22. The molecule has 1 aromatic rings. The van der Waals surface area contributed by atoms with E-state index in [2.05, 4.69) is 0 Å². The van der Waals surface area contributed by atoms with Crippen LogP contribution in [-0.2, 0) is 28.8 Å². The highest BCUT2D eigenvalue weighted by atomic mass is 32.2. The maximum atomic E-state index is 12.8. The third kappa shape index (κ3) is 3.25. The van der Waals surface area contributed by atoms with Crippen LogP contribution in [0.25, 0.3) is 0 Å². The Labute approximate surface area is 156 Å². The number of ether oxygens (including phenoxy) is 4. The lowest BCUT2D eigenvalue weighted by molar-refractivity contribution is -0.580. The second kappa shape index (κ2) is 6.21. The van der Waals surface area contributed by atoms with Crippen LogP contribution in [0, 0.1) is 23.0 Å². The molecular formula is C17H21NO8S. The van der Waals surface area contributed by atoms with Crippen LogP contribution in [0.4, 0.5) is 0 Å². The molecule has 0 saturated carbocycles. The van der Waals surface area contributed by atoms with Crippen molar-refractivity contribution >= 4 is 9.84 Å². The number of hydrogen-bond acceptors (Lipinski definition) is 8. The van der Waals surface area contributed by atoms with Crippen LogP contribution in [0.1, 0.15) is 19.4 Å². The minimum Gasteiger partial charge on any atom is -0.343 e.